The van der Waals surface area contributed by atoms with Crippen LogP contribution >= 0.6 is 11.6 Å². The monoisotopic (exact) mass is 290 g/mol. The number of aliphatic hydroxyl groups is 1. The van der Waals surface area contributed by atoms with Crippen molar-refractivity contribution in [1.29, 1.82) is 5.26 Å². The number of carbonyl (C=O) groups excluding carboxylic acids is 1. The molecule has 3 unspecified atom stereocenters. The van der Waals surface area contributed by atoms with Crippen LogP contribution in [0.4, 0.5) is 0 Å². The molecule has 1 aromatic carbocycles. The number of amides is 1. The second-order valence-corrected chi connectivity index (χ2v) is 5.03. The molecule has 2 aliphatic rings. The van der Waals surface area contributed by atoms with Crippen LogP contribution in [0.1, 0.15) is 5.56 Å². The normalized spacial score (nSPS) is 28.4. The summed E-state index contributed by atoms with van der Waals surface area (Å²) < 4.78 is 0. The van der Waals surface area contributed by atoms with E-state index < -0.39 is 18.3 Å². The van der Waals surface area contributed by atoms with Crippen molar-refractivity contribution < 1.29 is 9.90 Å². The Labute approximate surface area is 120 Å². The Hall–Kier alpha value is -2.07. The summed E-state index contributed by atoms with van der Waals surface area (Å²) in [6.07, 6.45) is -0.253. The highest BCUT2D eigenvalue weighted by Crippen LogP contribution is 2.26. The highest BCUT2D eigenvalue weighted by atomic mass is 35.5. The van der Waals surface area contributed by atoms with Crippen molar-refractivity contribution in [1.82, 2.24) is 15.8 Å². The summed E-state index contributed by atoms with van der Waals surface area (Å²) >= 11 is 5.83. The van der Waals surface area contributed by atoms with Gasteiger partial charge in [0.1, 0.15) is 18.3 Å². The molecule has 1 amide bonds. The maximum absolute atomic E-state index is 12.0. The lowest BCUT2D eigenvalue weighted by Crippen LogP contribution is -2.52. The molecule has 0 spiro atoms. The largest absolute Gasteiger partial charge is 0.375 e. The van der Waals surface area contributed by atoms with E-state index >= 15 is 0 Å². The molecule has 0 aliphatic carbocycles. The van der Waals surface area contributed by atoms with Crippen molar-refractivity contribution in [3.05, 3.63) is 40.9 Å². The average molecular weight is 291 g/mol. The number of nitrogens with one attached hydrogen (secondary N) is 2. The Kier molecular flexibility index (Phi) is 3.10. The van der Waals surface area contributed by atoms with Gasteiger partial charge in [-0.25, -0.2) is 10.4 Å². The number of aliphatic hydroxyl groups excluding tert-OH is 1. The maximum atomic E-state index is 12.0. The average Bonchev–Trinajstić information content (AvgIpc) is 2.75. The van der Waals surface area contributed by atoms with Gasteiger partial charge >= 0.3 is 0 Å². The fourth-order valence-corrected chi connectivity index (χ4v) is 2.45. The van der Waals surface area contributed by atoms with E-state index in [1.807, 2.05) is 6.07 Å². The lowest BCUT2D eigenvalue weighted by atomic mass is 10.0. The first-order chi connectivity index (χ1) is 9.60. The van der Waals surface area contributed by atoms with E-state index in [9.17, 15) is 9.90 Å². The third kappa shape index (κ3) is 2.02. The number of hydrazine groups is 1. The zero-order valence-electron chi connectivity index (χ0n) is 10.2. The molecule has 3 rings (SSSR count). The second kappa shape index (κ2) is 4.80. The Balaban J connectivity index is 1.93. The summed E-state index contributed by atoms with van der Waals surface area (Å²) in [6.45, 7) is 0. The molecule has 1 fully saturated rings. The van der Waals surface area contributed by atoms with E-state index in [1.54, 1.807) is 24.3 Å². The van der Waals surface area contributed by atoms with Gasteiger partial charge in [0.25, 0.3) is 5.91 Å². The molecule has 0 aromatic heterocycles. The van der Waals surface area contributed by atoms with Crippen LogP contribution in [0.2, 0.25) is 5.02 Å². The molecule has 1 aromatic rings. The molecular formula is C13H11ClN4O2. The number of rotatable bonds is 1. The number of carbonyl (C=O) groups is 1. The minimum absolute atomic E-state index is 0.310. The third-order valence-corrected chi connectivity index (χ3v) is 3.59. The molecule has 3 N–H and O–H groups in total. The van der Waals surface area contributed by atoms with Gasteiger partial charge in [0, 0.05) is 16.8 Å². The van der Waals surface area contributed by atoms with E-state index in [-0.39, 0.29) is 5.91 Å². The van der Waals surface area contributed by atoms with Gasteiger partial charge in [0.2, 0.25) is 0 Å². The van der Waals surface area contributed by atoms with Crippen molar-refractivity contribution in [2.24, 2.45) is 5.92 Å². The quantitative estimate of drug-likeness (QED) is 0.697. The molecule has 20 heavy (non-hydrogen) atoms. The van der Waals surface area contributed by atoms with E-state index in [4.69, 9.17) is 16.9 Å². The van der Waals surface area contributed by atoms with Crippen LogP contribution in [0.25, 0.3) is 5.70 Å². The Bertz CT molecular complexity index is 622. The number of nitrogens with zero attached hydrogens (tertiary/aromatic N) is 2. The van der Waals surface area contributed by atoms with Crippen LogP contribution in [0.3, 0.4) is 0 Å². The van der Waals surface area contributed by atoms with Crippen molar-refractivity contribution >= 4 is 23.2 Å². The lowest BCUT2D eigenvalue weighted by Gasteiger charge is -2.31. The smallest absolute Gasteiger partial charge is 0.264 e. The first-order valence-corrected chi connectivity index (χ1v) is 6.39. The SMILES string of the molecule is N#CC1C(O)NN2C(=O)C=C(c3ccc(Cl)cc3)NC12. The van der Waals surface area contributed by atoms with Crippen molar-refractivity contribution in [3.8, 4) is 6.07 Å². The zero-order valence-corrected chi connectivity index (χ0v) is 11.0. The van der Waals surface area contributed by atoms with Gasteiger partial charge in [0.15, 0.2) is 0 Å². The minimum atomic E-state index is -1.07. The van der Waals surface area contributed by atoms with E-state index in [0.29, 0.717) is 10.7 Å². The summed E-state index contributed by atoms with van der Waals surface area (Å²) in [5.41, 5.74) is 3.97. The van der Waals surface area contributed by atoms with Crippen LogP contribution in [0.15, 0.2) is 30.3 Å². The van der Waals surface area contributed by atoms with Gasteiger partial charge < -0.3 is 10.4 Å². The Morgan fingerprint density at radius 2 is 2.05 bits per heavy atom. The van der Waals surface area contributed by atoms with Crippen molar-refractivity contribution in [2.75, 3.05) is 0 Å². The van der Waals surface area contributed by atoms with Crippen molar-refractivity contribution in [2.45, 2.75) is 12.4 Å². The number of nitriles is 1. The topological polar surface area (TPSA) is 88.4 Å². The zero-order chi connectivity index (χ0) is 14.3. The lowest BCUT2D eigenvalue weighted by molar-refractivity contribution is -0.131. The van der Waals surface area contributed by atoms with Crippen LogP contribution < -0.4 is 10.7 Å². The summed E-state index contributed by atoms with van der Waals surface area (Å²) in [4.78, 5) is 12.0. The highest BCUT2D eigenvalue weighted by molar-refractivity contribution is 6.30. The van der Waals surface area contributed by atoms with Crippen LogP contribution in [-0.2, 0) is 4.79 Å². The molecule has 0 saturated carbocycles. The standard InChI is InChI=1S/C13H11ClN4O2/c14-8-3-1-7(2-4-8)10-5-11(19)18-12(16-10)9(6-15)13(20)17-18/h1-5,9,12-13,16-17,20H. The van der Waals surface area contributed by atoms with Gasteiger partial charge in [-0.3, -0.25) is 4.79 Å². The Morgan fingerprint density at radius 3 is 2.70 bits per heavy atom. The van der Waals surface area contributed by atoms with Crippen LogP contribution in [-0.4, -0.2) is 28.4 Å². The molecule has 6 nitrogen and oxygen atoms in total. The molecule has 3 atom stereocenters. The molecule has 1 saturated heterocycles. The molecule has 0 radical (unpaired) electrons. The summed E-state index contributed by atoms with van der Waals surface area (Å²) in [7, 11) is 0. The number of fused-ring (bicyclic) bond motifs is 1. The highest BCUT2D eigenvalue weighted by Gasteiger charge is 2.45. The Morgan fingerprint density at radius 1 is 1.35 bits per heavy atom. The molecule has 2 heterocycles. The fraction of sp³-hybridized carbons (Fsp3) is 0.231. The summed E-state index contributed by atoms with van der Waals surface area (Å²) in [5.74, 6) is -1.05. The number of benzene rings is 1. The van der Waals surface area contributed by atoms with Gasteiger partial charge in [-0.2, -0.15) is 5.26 Å². The van der Waals surface area contributed by atoms with E-state index in [2.05, 4.69) is 10.7 Å². The van der Waals surface area contributed by atoms with E-state index in [0.717, 1.165) is 5.56 Å². The van der Waals surface area contributed by atoms with Gasteiger partial charge in [-0.1, -0.05) is 23.7 Å². The number of halogens is 1. The van der Waals surface area contributed by atoms with Gasteiger partial charge in [-0.15, -0.1) is 0 Å². The second-order valence-electron chi connectivity index (χ2n) is 4.59. The summed E-state index contributed by atoms with van der Waals surface area (Å²) in [5, 5.41) is 23.7. The number of hydrogen-bond acceptors (Lipinski definition) is 5. The van der Waals surface area contributed by atoms with Crippen LogP contribution in [0.5, 0.6) is 0 Å². The maximum Gasteiger partial charge on any atom is 0.264 e. The fourth-order valence-electron chi connectivity index (χ4n) is 2.32. The molecular weight excluding hydrogens is 280 g/mol. The minimum Gasteiger partial charge on any atom is -0.375 e. The summed E-state index contributed by atoms with van der Waals surface area (Å²) in [6, 6.07) is 9.01. The first-order valence-electron chi connectivity index (χ1n) is 6.01. The van der Waals surface area contributed by atoms with Crippen LogP contribution in [0, 0.1) is 17.2 Å². The first kappa shape index (κ1) is 12.9. The predicted molar refractivity (Wildman–Crippen MR) is 71.4 cm³/mol. The predicted octanol–water partition coefficient (Wildman–Crippen LogP) is 0.415. The molecule has 102 valence electrons. The molecule has 7 heteroatoms. The van der Waals surface area contributed by atoms with Crippen molar-refractivity contribution in [3.63, 3.8) is 0 Å². The van der Waals surface area contributed by atoms with Gasteiger partial charge in [-0.05, 0) is 17.7 Å². The number of hydrogen-bond donors (Lipinski definition) is 3. The van der Waals surface area contributed by atoms with Gasteiger partial charge in [0.05, 0.1) is 6.07 Å². The third-order valence-electron chi connectivity index (χ3n) is 3.34. The van der Waals surface area contributed by atoms with E-state index in [1.165, 1.54) is 11.1 Å². The molecule has 0 bridgehead atoms. The molecule has 2 aliphatic heterocycles.